The summed E-state index contributed by atoms with van der Waals surface area (Å²) in [4.78, 5) is 0. The first-order valence-electron chi connectivity index (χ1n) is 11.8. The van der Waals surface area contributed by atoms with Gasteiger partial charge in [0.1, 0.15) is 0 Å². The zero-order valence-electron chi connectivity index (χ0n) is 24.8. The van der Waals surface area contributed by atoms with Gasteiger partial charge in [0.15, 0.2) is 0 Å². The Labute approximate surface area is 198 Å². The van der Waals surface area contributed by atoms with Crippen LogP contribution in [0.15, 0.2) is 0 Å². The minimum absolute atomic E-state index is 0.184. The summed E-state index contributed by atoms with van der Waals surface area (Å²) in [7, 11) is -0.625. The molecule has 0 N–H and O–H groups in total. The van der Waals surface area contributed by atoms with Crippen LogP contribution in [0.25, 0.3) is 0 Å². The molecule has 0 aliphatic carbocycles. The maximum absolute atomic E-state index is 6.98. The molecule has 0 aromatic rings. The Bertz CT molecular complexity index is 537. The van der Waals surface area contributed by atoms with Crippen LogP contribution in [0.4, 0.5) is 0 Å². The van der Waals surface area contributed by atoms with Crippen LogP contribution >= 0.6 is 20.5 Å². The molecule has 7 heteroatoms. The summed E-state index contributed by atoms with van der Waals surface area (Å²) < 4.78 is 21.0. The molecule has 0 aliphatic heterocycles. The second-order valence-corrected chi connectivity index (χ2v) is 37.0. The predicted molar refractivity (Wildman–Crippen MR) is 156 cm³/mol. The van der Waals surface area contributed by atoms with E-state index in [1.807, 2.05) is 0 Å². The molecule has 0 saturated carbocycles. The molecular formula is C24H60BO3P3. The Kier molecular flexibility index (Phi) is 8.76. The summed E-state index contributed by atoms with van der Waals surface area (Å²) in [6.07, 6.45) is 3.08. The second-order valence-electron chi connectivity index (χ2n) is 17.7. The first-order chi connectivity index (χ1) is 12.7. The van der Waals surface area contributed by atoms with Crippen molar-refractivity contribution in [2.24, 2.45) is 16.2 Å². The average molecular weight is 500 g/mol. The molecule has 0 unspecified atom stereocenters. The van der Waals surface area contributed by atoms with E-state index in [1.165, 1.54) is 0 Å². The van der Waals surface area contributed by atoms with Crippen molar-refractivity contribution < 1.29 is 13.3 Å². The number of hydrogen-bond donors (Lipinski definition) is 0. The van der Waals surface area contributed by atoms with E-state index in [2.05, 4.69) is 122 Å². The summed E-state index contributed by atoms with van der Waals surface area (Å²) in [5, 5.41) is 0. The topological polar surface area (TPSA) is 27.7 Å². The van der Waals surface area contributed by atoms with Gasteiger partial charge >= 0.3 is 198 Å². The van der Waals surface area contributed by atoms with Gasteiger partial charge in [-0.3, -0.25) is 0 Å². The molecule has 0 bridgehead atoms. The molecule has 0 aromatic heterocycles. The molecule has 0 radical (unpaired) electrons. The first-order valence-corrected chi connectivity index (χ1v) is 22.8. The van der Waals surface area contributed by atoms with E-state index < -0.39 is 27.8 Å². The van der Waals surface area contributed by atoms with Gasteiger partial charge in [-0.15, -0.1) is 0 Å². The van der Waals surface area contributed by atoms with Crippen molar-refractivity contribution in [3.05, 3.63) is 0 Å². The average Bonchev–Trinajstić information content (AvgIpc) is 2.07. The van der Waals surface area contributed by atoms with Crippen LogP contribution in [0.5, 0.6) is 0 Å². The zero-order valence-corrected chi connectivity index (χ0v) is 27.4. The van der Waals surface area contributed by atoms with E-state index in [4.69, 9.17) is 13.3 Å². The Morgan fingerprint density at radius 3 is 0.710 bits per heavy atom. The normalized spacial score (nSPS) is 19.0. The monoisotopic (exact) mass is 500 g/mol. The standard InChI is InChI=1S/C24H60BO3P3/c1-22(2,3)19-29(10,11,12)26-25(27-30(13,14,15)20-23(4,5)6)28-31(16,17,18)21-24(7,8)9/h19-21H2,1-18H3. The van der Waals surface area contributed by atoms with Crippen molar-refractivity contribution in [3.8, 4) is 0 Å². The van der Waals surface area contributed by atoms with Crippen LogP contribution < -0.4 is 0 Å². The number of rotatable bonds is 9. The zero-order chi connectivity index (χ0) is 25.7. The molecule has 0 fully saturated rings. The molecule has 0 rings (SSSR count). The van der Waals surface area contributed by atoms with Gasteiger partial charge in [-0.25, -0.2) is 0 Å². The van der Waals surface area contributed by atoms with Crippen LogP contribution in [0, 0.1) is 16.2 Å². The van der Waals surface area contributed by atoms with Gasteiger partial charge in [-0.1, -0.05) is 0 Å². The molecule has 0 atom stereocenters. The van der Waals surface area contributed by atoms with E-state index in [9.17, 15) is 0 Å². The third-order valence-electron chi connectivity index (χ3n) is 4.47. The predicted octanol–water partition coefficient (Wildman–Crippen LogP) is 8.23. The van der Waals surface area contributed by atoms with Crippen molar-refractivity contribution in [3.63, 3.8) is 0 Å². The Morgan fingerprint density at radius 1 is 0.419 bits per heavy atom. The van der Waals surface area contributed by atoms with Crippen LogP contribution in [-0.4, -0.2) is 85.8 Å². The molecule has 0 amide bonds. The van der Waals surface area contributed by atoms with Crippen molar-refractivity contribution in [1.29, 1.82) is 0 Å². The summed E-state index contributed by atoms with van der Waals surface area (Å²) in [6.45, 7) is 34.1. The Morgan fingerprint density at radius 2 is 0.581 bits per heavy atom. The van der Waals surface area contributed by atoms with E-state index in [0.717, 1.165) is 18.5 Å². The van der Waals surface area contributed by atoms with Gasteiger partial charge < -0.3 is 0 Å². The van der Waals surface area contributed by atoms with Gasteiger partial charge in [0, 0.05) is 0 Å². The molecule has 31 heavy (non-hydrogen) atoms. The molecule has 0 aromatic carbocycles. The van der Waals surface area contributed by atoms with Crippen LogP contribution in [-0.2, 0) is 13.3 Å². The maximum atomic E-state index is 6.98. The quantitative estimate of drug-likeness (QED) is 0.236. The van der Waals surface area contributed by atoms with Gasteiger partial charge in [-0.2, -0.15) is 0 Å². The third kappa shape index (κ3) is 16.5. The fraction of sp³-hybridized carbons (Fsp3) is 1.00. The molecule has 192 valence electrons. The number of hydrogen-bond acceptors (Lipinski definition) is 3. The summed E-state index contributed by atoms with van der Waals surface area (Å²) in [5.74, 6) is 0. The fourth-order valence-electron chi connectivity index (χ4n) is 5.98. The molecule has 3 nitrogen and oxygen atoms in total. The van der Waals surface area contributed by atoms with Crippen LogP contribution in [0.2, 0.25) is 0 Å². The molecular weight excluding hydrogens is 440 g/mol. The van der Waals surface area contributed by atoms with E-state index in [0.29, 0.717) is 0 Å². The third-order valence-corrected chi connectivity index (χ3v) is 13.4. The molecule has 0 aliphatic rings. The van der Waals surface area contributed by atoms with Crippen molar-refractivity contribution in [1.82, 2.24) is 0 Å². The minimum atomic E-state index is -2.48. The summed E-state index contributed by atoms with van der Waals surface area (Å²) in [6, 6.07) is 0. The van der Waals surface area contributed by atoms with Crippen molar-refractivity contribution >= 4 is 27.8 Å². The molecule has 0 heterocycles. The first kappa shape index (κ1) is 32.2. The molecule has 0 spiro atoms. The van der Waals surface area contributed by atoms with Crippen LogP contribution in [0.1, 0.15) is 62.3 Å². The van der Waals surface area contributed by atoms with Crippen molar-refractivity contribution in [2.75, 3.05) is 78.5 Å². The Balaban J connectivity index is 6.22. The van der Waals surface area contributed by atoms with Crippen molar-refractivity contribution in [2.45, 2.75) is 62.3 Å². The molecule has 0 saturated heterocycles. The van der Waals surface area contributed by atoms with Crippen LogP contribution in [0.3, 0.4) is 0 Å². The van der Waals surface area contributed by atoms with Gasteiger partial charge in [0.2, 0.25) is 0 Å². The SMILES string of the molecule is CC(C)(C)CP(C)(C)(C)OB(OP(C)(C)(C)CC(C)(C)C)OP(C)(C)(C)CC(C)(C)C. The van der Waals surface area contributed by atoms with E-state index in [-0.39, 0.29) is 16.2 Å². The van der Waals surface area contributed by atoms with Gasteiger partial charge in [0.05, 0.1) is 0 Å². The Hall–Kier alpha value is 1.23. The van der Waals surface area contributed by atoms with E-state index in [1.54, 1.807) is 0 Å². The van der Waals surface area contributed by atoms with E-state index >= 15 is 0 Å². The summed E-state index contributed by atoms with van der Waals surface area (Å²) in [5.41, 5.74) is 0.553. The fourth-order valence-corrected chi connectivity index (χ4v) is 18.3. The van der Waals surface area contributed by atoms with Gasteiger partial charge in [-0.05, 0) is 0 Å². The summed E-state index contributed by atoms with van der Waals surface area (Å²) >= 11 is 0. The van der Waals surface area contributed by atoms with Gasteiger partial charge in [0.25, 0.3) is 0 Å². The second kappa shape index (κ2) is 8.42.